The number of nitrogens with zero attached hydrogens (tertiary/aromatic N) is 2. The van der Waals surface area contributed by atoms with Crippen molar-refractivity contribution in [2.75, 3.05) is 25.9 Å². The molecule has 0 bridgehead atoms. The molecule has 2 heterocycles. The van der Waals surface area contributed by atoms with Gasteiger partial charge in [0.15, 0.2) is 0 Å². The Morgan fingerprint density at radius 2 is 2.10 bits per heavy atom. The molecule has 0 saturated carbocycles. The molecule has 1 fully saturated rings. The molecule has 0 amide bonds. The smallest absolute Gasteiger partial charge is 0.123 e. The average Bonchev–Trinajstić information content (AvgIpc) is 2.53. The fourth-order valence-electron chi connectivity index (χ4n) is 3.59. The lowest BCUT2D eigenvalue weighted by atomic mass is 9.82. The van der Waals surface area contributed by atoms with Crippen LogP contribution >= 0.6 is 0 Å². The number of nitrogens with two attached hydrogens (primary N) is 1. The molecule has 1 aliphatic rings. The van der Waals surface area contributed by atoms with Crippen molar-refractivity contribution in [3.8, 4) is 0 Å². The molecule has 1 aliphatic heterocycles. The third-order valence-corrected chi connectivity index (χ3v) is 5.18. The van der Waals surface area contributed by atoms with E-state index in [2.05, 4.69) is 42.2 Å². The van der Waals surface area contributed by atoms with Crippen molar-refractivity contribution in [1.82, 2.24) is 15.2 Å². The molecule has 0 aromatic carbocycles. The summed E-state index contributed by atoms with van der Waals surface area (Å²) in [4.78, 5) is 6.77. The van der Waals surface area contributed by atoms with E-state index < -0.39 is 0 Å². The molecule has 0 aliphatic carbocycles. The van der Waals surface area contributed by atoms with Gasteiger partial charge in [0, 0.05) is 17.8 Å². The van der Waals surface area contributed by atoms with Gasteiger partial charge in [0.2, 0.25) is 0 Å². The minimum atomic E-state index is 0.188. The summed E-state index contributed by atoms with van der Waals surface area (Å²) in [7, 11) is 2.08. The van der Waals surface area contributed by atoms with Crippen molar-refractivity contribution in [3.63, 3.8) is 0 Å². The summed E-state index contributed by atoms with van der Waals surface area (Å²) in [5.41, 5.74) is 7.27. The Bertz CT molecular complexity index is 442. The maximum absolute atomic E-state index is 5.82. The average molecular weight is 290 g/mol. The van der Waals surface area contributed by atoms with Crippen molar-refractivity contribution in [1.29, 1.82) is 0 Å². The van der Waals surface area contributed by atoms with E-state index in [1.165, 1.54) is 37.9 Å². The summed E-state index contributed by atoms with van der Waals surface area (Å²) in [6.45, 7) is 7.16. The second kappa shape index (κ2) is 7.23. The quantitative estimate of drug-likeness (QED) is 0.845. The zero-order chi connectivity index (χ0) is 15.3. The number of piperidine rings is 1. The Kier molecular flexibility index (Phi) is 5.59. The zero-order valence-corrected chi connectivity index (χ0v) is 13.7. The van der Waals surface area contributed by atoms with E-state index in [0.717, 1.165) is 12.8 Å². The number of aromatic nitrogens is 1. The second-order valence-corrected chi connectivity index (χ2v) is 6.39. The Labute approximate surface area is 129 Å². The van der Waals surface area contributed by atoms with Gasteiger partial charge in [-0.2, -0.15) is 0 Å². The minimum absolute atomic E-state index is 0.188. The Morgan fingerprint density at radius 1 is 1.38 bits per heavy atom. The molecular weight excluding hydrogens is 260 g/mol. The van der Waals surface area contributed by atoms with Gasteiger partial charge in [-0.25, -0.2) is 4.98 Å². The molecule has 2 unspecified atom stereocenters. The first-order chi connectivity index (χ1) is 10.1. The van der Waals surface area contributed by atoms with Crippen molar-refractivity contribution < 1.29 is 0 Å². The first kappa shape index (κ1) is 16.2. The summed E-state index contributed by atoms with van der Waals surface area (Å²) in [6, 6.07) is 4.49. The van der Waals surface area contributed by atoms with Crippen LogP contribution in [0.4, 0.5) is 5.82 Å². The van der Waals surface area contributed by atoms with Crippen molar-refractivity contribution >= 4 is 5.82 Å². The van der Waals surface area contributed by atoms with Gasteiger partial charge in [-0.3, -0.25) is 4.90 Å². The number of pyridine rings is 1. The number of likely N-dealkylation sites (tertiary alicyclic amines) is 1. The number of anilines is 1. The van der Waals surface area contributed by atoms with Crippen LogP contribution in [-0.2, 0) is 6.42 Å². The molecule has 2 rings (SSSR count). The highest BCUT2D eigenvalue weighted by Crippen LogP contribution is 2.29. The maximum atomic E-state index is 5.82. The minimum Gasteiger partial charge on any atom is -0.384 e. The summed E-state index contributed by atoms with van der Waals surface area (Å²) >= 11 is 0. The monoisotopic (exact) mass is 290 g/mol. The first-order valence-corrected chi connectivity index (χ1v) is 8.23. The van der Waals surface area contributed by atoms with Gasteiger partial charge in [-0.05, 0) is 70.4 Å². The molecule has 3 N–H and O–H groups in total. The van der Waals surface area contributed by atoms with E-state index in [1.807, 2.05) is 12.3 Å². The summed E-state index contributed by atoms with van der Waals surface area (Å²) in [5, 5.41) is 3.56. The molecule has 0 radical (unpaired) electrons. The summed E-state index contributed by atoms with van der Waals surface area (Å²) in [6.07, 6.45) is 7.98. The standard InChI is InChI=1S/C17H30N4/c1-4-17(2,21-10-6-5-7-11-21)15(19-3)12-14-8-9-20-16(18)13-14/h8-9,13,15,19H,4-7,10-12H2,1-3H3,(H2,18,20). The van der Waals surface area contributed by atoms with E-state index in [-0.39, 0.29) is 5.54 Å². The van der Waals surface area contributed by atoms with Crippen LogP contribution in [0, 0.1) is 0 Å². The third kappa shape index (κ3) is 3.74. The SMILES string of the molecule is CCC(C)(C(Cc1ccnc(N)c1)NC)N1CCCCC1. The van der Waals surface area contributed by atoms with E-state index in [0.29, 0.717) is 11.9 Å². The number of likely N-dealkylation sites (N-methyl/N-ethyl adjacent to an activating group) is 1. The lowest BCUT2D eigenvalue weighted by Gasteiger charge is -2.48. The Balaban J connectivity index is 2.16. The fraction of sp³-hybridized carbons (Fsp3) is 0.706. The van der Waals surface area contributed by atoms with Gasteiger partial charge < -0.3 is 11.1 Å². The van der Waals surface area contributed by atoms with E-state index in [4.69, 9.17) is 5.73 Å². The van der Waals surface area contributed by atoms with Gasteiger partial charge >= 0.3 is 0 Å². The molecule has 4 heteroatoms. The lowest BCUT2D eigenvalue weighted by Crippen LogP contribution is -2.60. The van der Waals surface area contributed by atoms with Crippen molar-refractivity contribution in [2.24, 2.45) is 0 Å². The highest BCUT2D eigenvalue weighted by atomic mass is 15.2. The van der Waals surface area contributed by atoms with Crippen LogP contribution in [0.5, 0.6) is 0 Å². The largest absolute Gasteiger partial charge is 0.384 e. The van der Waals surface area contributed by atoms with Crippen LogP contribution in [0.3, 0.4) is 0 Å². The second-order valence-electron chi connectivity index (χ2n) is 6.39. The van der Waals surface area contributed by atoms with E-state index in [1.54, 1.807) is 0 Å². The molecule has 1 aromatic rings. The topological polar surface area (TPSA) is 54.2 Å². The number of hydrogen-bond donors (Lipinski definition) is 2. The van der Waals surface area contributed by atoms with Gasteiger partial charge in [-0.15, -0.1) is 0 Å². The molecule has 1 saturated heterocycles. The number of hydrogen-bond acceptors (Lipinski definition) is 4. The van der Waals surface area contributed by atoms with Crippen molar-refractivity contribution in [3.05, 3.63) is 23.9 Å². The van der Waals surface area contributed by atoms with Crippen LogP contribution < -0.4 is 11.1 Å². The molecule has 21 heavy (non-hydrogen) atoms. The van der Waals surface area contributed by atoms with Crippen LogP contribution in [0.2, 0.25) is 0 Å². The van der Waals surface area contributed by atoms with Crippen LogP contribution in [-0.4, -0.2) is 41.6 Å². The Hall–Kier alpha value is -1.13. The van der Waals surface area contributed by atoms with Gasteiger partial charge in [0.1, 0.15) is 5.82 Å². The lowest BCUT2D eigenvalue weighted by molar-refractivity contribution is 0.0453. The van der Waals surface area contributed by atoms with Crippen LogP contribution in [0.25, 0.3) is 0 Å². The Morgan fingerprint density at radius 3 is 2.67 bits per heavy atom. The molecule has 118 valence electrons. The zero-order valence-electron chi connectivity index (χ0n) is 13.7. The summed E-state index contributed by atoms with van der Waals surface area (Å²) in [5.74, 6) is 0.610. The third-order valence-electron chi connectivity index (χ3n) is 5.18. The van der Waals surface area contributed by atoms with E-state index in [9.17, 15) is 0 Å². The maximum Gasteiger partial charge on any atom is 0.123 e. The number of nitrogens with one attached hydrogen (secondary N) is 1. The molecular formula is C17H30N4. The van der Waals surface area contributed by atoms with Crippen LogP contribution in [0.15, 0.2) is 18.3 Å². The molecule has 4 nitrogen and oxygen atoms in total. The molecule has 1 aromatic heterocycles. The van der Waals surface area contributed by atoms with Crippen LogP contribution in [0.1, 0.15) is 45.1 Å². The first-order valence-electron chi connectivity index (χ1n) is 8.23. The molecule has 0 spiro atoms. The highest BCUT2D eigenvalue weighted by Gasteiger charge is 2.37. The van der Waals surface area contributed by atoms with Crippen molar-refractivity contribution in [2.45, 2.75) is 57.5 Å². The predicted octanol–water partition coefficient (Wildman–Crippen LogP) is 2.45. The molecule has 2 atom stereocenters. The van der Waals surface area contributed by atoms with Gasteiger partial charge in [-0.1, -0.05) is 13.3 Å². The van der Waals surface area contributed by atoms with Gasteiger partial charge in [0.25, 0.3) is 0 Å². The highest BCUT2D eigenvalue weighted by molar-refractivity contribution is 5.32. The fourth-order valence-corrected chi connectivity index (χ4v) is 3.59. The van der Waals surface area contributed by atoms with E-state index >= 15 is 0 Å². The van der Waals surface area contributed by atoms with Gasteiger partial charge in [0.05, 0.1) is 0 Å². The summed E-state index contributed by atoms with van der Waals surface area (Å²) < 4.78 is 0. The number of nitrogen functional groups attached to an aromatic ring is 1. The number of rotatable bonds is 6. The predicted molar refractivity (Wildman–Crippen MR) is 89.3 cm³/mol. The normalized spacial score (nSPS) is 20.9.